The first kappa shape index (κ1) is 23.8. The minimum Gasteiger partial charge on any atom is -0.506 e. The molecule has 1 N–H and O–H groups in total. The van der Waals surface area contributed by atoms with Gasteiger partial charge in [0.05, 0.1) is 32.2 Å². The van der Waals surface area contributed by atoms with Crippen LogP contribution in [0, 0.1) is 4.77 Å². The van der Waals surface area contributed by atoms with Crippen molar-refractivity contribution in [2.45, 2.75) is 6.92 Å². The molecule has 4 aromatic rings. The zero-order valence-electron chi connectivity index (χ0n) is 18.9. The third kappa shape index (κ3) is 4.06. The topological polar surface area (TPSA) is 122 Å². The number of carbonyl (C=O) groups excluding carboxylic acids is 1. The molecule has 0 spiro atoms. The van der Waals surface area contributed by atoms with Gasteiger partial charge in [0.15, 0.2) is 16.1 Å². The van der Waals surface area contributed by atoms with E-state index in [1.807, 2.05) is 0 Å². The third-order valence-electron chi connectivity index (χ3n) is 5.19. The van der Waals surface area contributed by atoms with E-state index in [1.54, 1.807) is 48.5 Å². The fourth-order valence-corrected chi connectivity index (χ4v) is 3.96. The van der Waals surface area contributed by atoms with Crippen LogP contribution < -0.4 is 20.7 Å². The standard InChI is InChI=1S/C24H20N2O8S/c1-4-33-22(29)18-19(27)17-20(28)25(13-7-5-9-15(11-13)31-2)24(35)26(21(17)34-23(18)30)14-8-6-10-16(12-14)32-3/h5-12,27H,4H2,1-3H3. The molecule has 2 heterocycles. The maximum Gasteiger partial charge on any atom is 0.356 e. The van der Waals surface area contributed by atoms with Gasteiger partial charge in [-0.25, -0.2) is 9.59 Å². The molecule has 0 aliphatic rings. The van der Waals surface area contributed by atoms with Gasteiger partial charge in [0.1, 0.15) is 16.9 Å². The van der Waals surface area contributed by atoms with Gasteiger partial charge in [-0.15, -0.1) is 0 Å². The zero-order valence-corrected chi connectivity index (χ0v) is 19.8. The number of aromatic nitrogens is 2. The number of carbonyl (C=O) groups is 1. The lowest BCUT2D eigenvalue weighted by Crippen LogP contribution is -2.27. The molecule has 4 rings (SSSR count). The molecule has 0 atom stereocenters. The van der Waals surface area contributed by atoms with Crippen molar-refractivity contribution in [3.05, 3.63) is 79.6 Å². The molecule has 0 fully saturated rings. The Balaban J connectivity index is 2.22. The number of nitrogens with zero attached hydrogens (tertiary/aromatic N) is 2. The Morgan fingerprint density at radius 2 is 1.57 bits per heavy atom. The van der Waals surface area contributed by atoms with E-state index < -0.39 is 33.9 Å². The second kappa shape index (κ2) is 9.47. The summed E-state index contributed by atoms with van der Waals surface area (Å²) in [6.45, 7) is 1.48. The number of hydrogen-bond donors (Lipinski definition) is 1. The van der Waals surface area contributed by atoms with Gasteiger partial charge in [-0.3, -0.25) is 13.9 Å². The largest absolute Gasteiger partial charge is 0.506 e. The molecular formula is C24H20N2O8S. The van der Waals surface area contributed by atoms with E-state index in [9.17, 15) is 19.5 Å². The van der Waals surface area contributed by atoms with Crippen molar-refractivity contribution >= 4 is 29.3 Å². The quantitative estimate of drug-likeness (QED) is 0.316. The highest BCUT2D eigenvalue weighted by molar-refractivity contribution is 7.71. The maximum atomic E-state index is 13.7. The summed E-state index contributed by atoms with van der Waals surface area (Å²) in [5, 5.41) is 10.5. The minimum atomic E-state index is -1.18. The monoisotopic (exact) mass is 496 g/mol. The number of ether oxygens (including phenoxy) is 3. The fourth-order valence-electron chi connectivity index (χ4n) is 3.59. The van der Waals surface area contributed by atoms with Crippen molar-refractivity contribution in [2.75, 3.05) is 20.8 Å². The van der Waals surface area contributed by atoms with E-state index in [2.05, 4.69) is 0 Å². The van der Waals surface area contributed by atoms with Crippen LogP contribution in [-0.4, -0.2) is 41.0 Å². The number of methoxy groups -OCH3 is 2. The van der Waals surface area contributed by atoms with Gasteiger partial charge in [-0.2, -0.15) is 0 Å². The lowest BCUT2D eigenvalue weighted by atomic mass is 10.2. The van der Waals surface area contributed by atoms with Gasteiger partial charge in [0, 0.05) is 12.1 Å². The first-order chi connectivity index (χ1) is 16.8. The van der Waals surface area contributed by atoms with Gasteiger partial charge in [-0.05, 0) is 43.4 Å². The van der Waals surface area contributed by atoms with Gasteiger partial charge >= 0.3 is 11.6 Å². The first-order valence-electron chi connectivity index (χ1n) is 10.4. The summed E-state index contributed by atoms with van der Waals surface area (Å²) in [5.74, 6) is -1.08. The van der Waals surface area contributed by atoms with Crippen LogP contribution in [0.2, 0.25) is 0 Å². The second-order valence-electron chi connectivity index (χ2n) is 7.18. The van der Waals surface area contributed by atoms with Crippen molar-refractivity contribution in [3.63, 3.8) is 0 Å². The van der Waals surface area contributed by atoms with Crippen LogP contribution in [0.1, 0.15) is 17.3 Å². The van der Waals surface area contributed by atoms with Crippen LogP contribution in [0.3, 0.4) is 0 Å². The van der Waals surface area contributed by atoms with E-state index >= 15 is 0 Å². The van der Waals surface area contributed by atoms with Gasteiger partial charge in [0.2, 0.25) is 5.71 Å². The van der Waals surface area contributed by atoms with E-state index in [0.29, 0.717) is 22.9 Å². The summed E-state index contributed by atoms with van der Waals surface area (Å²) in [6, 6.07) is 13.1. The Bertz CT molecular complexity index is 1630. The van der Waals surface area contributed by atoms with Crippen LogP contribution in [0.4, 0.5) is 0 Å². The van der Waals surface area contributed by atoms with E-state index in [1.165, 1.54) is 25.7 Å². The number of hydrogen-bond acceptors (Lipinski definition) is 9. The van der Waals surface area contributed by atoms with Gasteiger partial charge in [-0.1, -0.05) is 12.1 Å². The SMILES string of the molecule is CCOC(=O)c1c(O)c2c(=O)n(-c3cccc(OC)c3)c(=S)n(-c3cccc(OC)c3)c2oc1=O. The molecule has 10 nitrogen and oxygen atoms in total. The average Bonchev–Trinajstić information content (AvgIpc) is 2.84. The summed E-state index contributed by atoms with van der Waals surface area (Å²) < 4.78 is 23.2. The molecule has 180 valence electrons. The number of benzene rings is 2. The van der Waals surface area contributed by atoms with Gasteiger partial charge in [0.25, 0.3) is 5.56 Å². The van der Waals surface area contributed by atoms with Crippen LogP contribution in [0.15, 0.2) is 62.5 Å². The van der Waals surface area contributed by atoms with Crippen LogP contribution in [0.5, 0.6) is 17.2 Å². The molecule has 0 saturated heterocycles. The molecule has 0 unspecified atom stereocenters. The summed E-state index contributed by atoms with van der Waals surface area (Å²) in [7, 11) is 2.95. The predicted octanol–water partition coefficient (Wildman–Crippen LogP) is 3.36. The molecule has 2 aromatic heterocycles. The molecule has 0 amide bonds. The van der Waals surface area contributed by atoms with Crippen molar-refractivity contribution in [2.24, 2.45) is 0 Å². The zero-order chi connectivity index (χ0) is 25.3. The molecule has 0 bridgehead atoms. The Hall–Kier alpha value is -4.38. The number of esters is 1. The Morgan fingerprint density at radius 3 is 2.11 bits per heavy atom. The minimum absolute atomic E-state index is 0.0568. The summed E-state index contributed by atoms with van der Waals surface area (Å²) in [6.07, 6.45) is 0. The van der Waals surface area contributed by atoms with Crippen LogP contribution in [0.25, 0.3) is 22.5 Å². The number of fused-ring (bicyclic) bond motifs is 1. The van der Waals surface area contributed by atoms with Crippen LogP contribution >= 0.6 is 12.2 Å². The molecule has 11 heteroatoms. The fraction of sp³-hybridized carbons (Fsp3) is 0.167. The molecular weight excluding hydrogens is 476 g/mol. The van der Waals surface area contributed by atoms with E-state index in [-0.39, 0.29) is 17.1 Å². The molecule has 35 heavy (non-hydrogen) atoms. The summed E-state index contributed by atoms with van der Waals surface area (Å²) >= 11 is 5.65. The molecule has 0 aliphatic carbocycles. The molecule has 0 radical (unpaired) electrons. The molecule has 0 aliphatic heterocycles. The maximum absolute atomic E-state index is 13.7. The number of aromatic hydroxyl groups is 1. The first-order valence-corrected chi connectivity index (χ1v) is 10.8. The normalized spacial score (nSPS) is 10.8. The van der Waals surface area contributed by atoms with Crippen molar-refractivity contribution in [1.29, 1.82) is 0 Å². The second-order valence-corrected chi connectivity index (χ2v) is 7.54. The lowest BCUT2D eigenvalue weighted by Gasteiger charge is -2.17. The average molecular weight is 496 g/mol. The highest BCUT2D eigenvalue weighted by atomic mass is 32.1. The molecule has 2 aromatic carbocycles. The molecule has 0 saturated carbocycles. The lowest BCUT2D eigenvalue weighted by molar-refractivity contribution is 0.0518. The Kier molecular flexibility index (Phi) is 6.43. The smallest absolute Gasteiger partial charge is 0.356 e. The van der Waals surface area contributed by atoms with Crippen molar-refractivity contribution in [3.8, 4) is 28.6 Å². The van der Waals surface area contributed by atoms with Crippen molar-refractivity contribution in [1.82, 2.24) is 9.13 Å². The summed E-state index contributed by atoms with van der Waals surface area (Å²) in [4.78, 5) is 38.8. The Morgan fingerprint density at radius 1 is 1.00 bits per heavy atom. The third-order valence-corrected chi connectivity index (χ3v) is 5.55. The van der Waals surface area contributed by atoms with Crippen molar-refractivity contribution < 1.29 is 28.5 Å². The van der Waals surface area contributed by atoms with Gasteiger partial charge < -0.3 is 23.7 Å². The number of rotatable bonds is 6. The van der Waals surface area contributed by atoms with E-state index in [0.717, 1.165) is 4.57 Å². The summed E-state index contributed by atoms with van der Waals surface area (Å²) in [5.41, 5.74) is -2.43. The van der Waals surface area contributed by atoms with E-state index in [4.69, 9.17) is 30.8 Å². The van der Waals surface area contributed by atoms with Crippen LogP contribution in [-0.2, 0) is 4.74 Å². The predicted molar refractivity (Wildman–Crippen MR) is 129 cm³/mol. The Labute approximate surface area is 203 Å². The highest BCUT2D eigenvalue weighted by Crippen LogP contribution is 2.29. The highest BCUT2D eigenvalue weighted by Gasteiger charge is 2.27.